The number of likely N-dealkylation sites (tertiary alicyclic amines) is 1. The molecule has 0 aliphatic carbocycles. The summed E-state index contributed by atoms with van der Waals surface area (Å²) in [5.41, 5.74) is 9.39. The molecule has 2 spiro atoms. The van der Waals surface area contributed by atoms with Crippen molar-refractivity contribution in [3.63, 3.8) is 0 Å². The Hall–Kier alpha value is -8.72. The predicted octanol–water partition coefficient (Wildman–Crippen LogP) is 16.0. The minimum atomic E-state index is -0.457. The van der Waals surface area contributed by atoms with Gasteiger partial charge in [0.05, 0.1) is 18.5 Å². The summed E-state index contributed by atoms with van der Waals surface area (Å²) in [6.07, 6.45) is 7.94. The standard InChI is InChI=1S/C22H24N2O2.C21H23N3O2.C20H22N4O2.6C2H6/c25-21(15-18-7-3-1-4-8-18)17-23-22(26)16-19-11-13-24(14-12-19)20-9-5-2-6-10-20;25-19-15-21(11-13-23(14-12-21)18-9-5-2-6-10-18)16-24(19)20(26)22-17-7-3-1-4-8-17;25-18-15-20(11-13-23(14-12-20)17-9-5-2-6-10-17)24(22-18)19(26)21-16-7-3-1-4-8-16;6*1-2/h1-11H,12-17H2,(H,23,26);1-10H,11-16H2,(H,22,26);1-10H,11-15H2,(H,21,26)(H,22,25);6*1-2H3. The molecule has 5 heterocycles. The van der Waals surface area contributed by atoms with E-state index in [1.165, 1.54) is 27.0 Å². The Morgan fingerprint density at radius 2 is 0.878 bits per heavy atom. The highest BCUT2D eigenvalue weighted by atomic mass is 16.2. The first-order valence-corrected chi connectivity index (χ1v) is 33.0. The monoisotopic (exact) mass is 1230 g/mol. The van der Waals surface area contributed by atoms with Crippen LogP contribution in [-0.4, -0.2) is 103 Å². The molecule has 7 amide bonds. The van der Waals surface area contributed by atoms with Gasteiger partial charge in [0.1, 0.15) is 0 Å². The molecule has 11 rings (SSSR count). The molecule has 486 valence electrons. The summed E-state index contributed by atoms with van der Waals surface area (Å²) in [7, 11) is 0. The van der Waals surface area contributed by atoms with E-state index in [4.69, 9.17) is 0 Å². The van der Waals surface area contributed by atoms with E-state index in [0.717, 1.165) is 88.2 Å². The van der Waals surface area contributed by atoms with Gasteiger partial charge in [-0.05, 0) is 98.3 Å². The Bertz CT molecular complexity index is 2990. The van der Waals surface area contributed by atoms with Gasteiger partial charge in [-0.25, -0.2) is 14.6 Å². The van der Waals surface area contributed by atoms with E-state index in [9.17, 15) is 28.8 Å². The number of piperidine rings is 2. The van der Waals surface area contributed by atoms with Crippen molar-refractivity contribution in [2.75, 3.05) is 77.7 Å². The maximum atomic E-state index is 12.8. The SMILES string of the molecule is CC.CC.CC.CC.CC.CC.O=C(CNC(=O)CC1=CCN(c2ccccc2)CC1)Cc1ccccc1.O=C1CC2(CCN(c3ccccc3)CC2)CN1C(=O)Nc1ccccc1.O=C1CC2(CCN(c3ccccc3)CC2)N(C(=O)Nc2ccccc2)N1. The molecule has 4 N–H and O–H groups in total. The van der Waals surface area contributed by atoms with Crippen molar-refractivity contribution in [3.05, 3.63) is 199 Å². The molecule has 0 unspecified atom stereocenters. The second-order valence-corrected chi connectivity index (χ2v) is 20.7. The van der Waals surface area contributed by atoms with Gasteiger partial charge in [-0.1, -0.05) is 216 Å². The van der Waals surface area contributed by atoms with Gasteiger partial charge < -0.3 is 30.7 Å². The van der Waals surface area contributed by atoms with Gasteiger partial charge >= 0.3 is 12.1 Å². The van der Waals surface area contributed by atoms with Gasteiger partial charge in [0.2, 0.25) is 17.7 Å². The largest absolute Gasteiger partial charge is 0.371 e. The number of carbonyl (C=O) groups excluding carboxylic acids is 6. The number of rotatable bonds is 11. The maximum absolute atomic E-state index is 12.8. The normalized spacial score (nSPS) is 15.3. The molecule has 5 aliphatic heterocycles. The average molecular weight is 1230 g/mol. The van der Waals surface area contributed by atoms with Crippen molar-refractivity contribution in [2.24, 2.45) is 5.41 Å². The minimum Gasteiger partial charge on any atom is -0.371 e. The second-order valence-electron chi connectivity index (χ2n) is 20.7. The zero-order chi connectivity index (χ0) is 66.2. The zero-order valence-electron chi connectivity index (χ0n) is 56.1. The zero-order valence-corrected chi connectivity index (χ0v) is 56.1. The van der Waals surface area contributed by atoms with Crippen LogP contribution in [0.5, 0.6) is 0 Å². The number of urea groups is 2. The summed E-state index contributed by atoms with van der Waals surface area (Å²) in [6.45, 7) is 29.8. The summed E-state index contributed by atoms with van der Waals surface area (Å²) in [5.74, 6) is -0.212. The van der Waals surface area contributed by atoms with Gasteiger partial charge in [-0.2, -0.15) is 0 Å². The van der Waals surface area contributed by atoms with Crippen molar-refractivity contribution < 1.29 is 28.8 Å². The smallest absolute Gasteiger partial charge is 0.341 e. The summed E-state index contributed by atoms with van der Waals surface area (Å²) in [6, 6.07) is 58.5. The van der Waals surface area contributed by atoms with E-state index in [0.29, 0.717) is 37.9 Å². The number of anilines is 5. The molecule has 0 atom stereocenters. The molecule has 6 aromatic carbocycles. The molecule has 0 saturated carbocycles. The van der Waals surface area contributed by atoms with E-state index in [1.54, 1.807) is 0 Å². The third kappa shape index (κ3) is 23.7. The Morgan fingerprint density at radius 1 is 0.467 bits per heavy atom. The average Bonchev–Trinajstić information content (AvgIpc) is 1.63. The Morgan fingerprint density at radius 3 is 1.32 bits per heavy atom. The number of nitrogens with zero attached hydrogens (tertiary/aromatic N) is 5. The van der Waals surface area contributed by atoms with Gasteiger partial charge in [0, 0.05) is 98.9 Å². The lowest BCUT2D eigenvalue weighted by Gasteiger charge is -2.43. The van der Waals surface area contributed by atoms with Crippen molar-refractivity contribution >= 4 is 64.0 Å². The third-order valence-electron chi connectivity index (χ3n) is 15.3. The van der Waals surface area contributed by atoms with Crippen molar-refractivity contribution in [1.82, 2.24) is 20.7 Å². The molecule has 5 aliphatic rings. The fourth-order valence-electron chi connectivity index (χ4n) is 11.0. The van der Waals surface area contributed by atoms with Crippen LogP contribution >= 0.6 is 0 Å². The minimum absolute atomic E-state index is 0.0254. The van der Waals surface area contributed by atoms with Crippen LogP contribution in [0.1, 0.15) is 140 Å². The molecule has 6 aromatic rings. The molecular formula is C75H105N9O6. The number of ketones is 1. The number of hydrogen-bond acceptors (Lipinski definition) is 9. The molecule has 0 radical (unpaired) electrons. The first kappa shape index (κ1) is 75.5. The summed E-state index contributed by atoms with van der Waals surface area (Å²) in [5, 5.41) is 9.97. The topological polar surface area (TPSA) is 167 Å². The first-order valence-electron chi connectivity index (χ1n) is 33.0. The number of amides is 7. The Balaban J connectivity index is 0.000000325. The lowest BCUT2D eigenvalue weighted by molar-refractivity contribution is -0.125. The number of carbonyl (C=O) groups is 6. The van der Waals surface area contributed by atoms with Crippen molar-refractivity contribution in [3.8, 4) is 0 Å². The van der Waals surface area contributed by atoms with E-state index < -0.39 is 5.54 Å². The Labute approximate surface area is 539 Å². The molecule has 0 bridgehead atoms. The molecule has 4 saturated heterocycles. The summed E-state index contributed by atoms with van der Waals surface area (Å²) >= 11 is 0. The molecular weight excluding hydrogens is 1120 g/mol. The molecule has 90 heavy (non-hydrogen) atoms. The van der Waals surface area contributed by atoms with Crippen LogP contribution in [0, 0.1) is 5.41 Å². The highest BCUT2D eigenvalue weighted by molar-refractivity contribution is 6.02. The number of imide groups is 1. The highest BCUT2D eigenvalue weighted by Crippen LogP contribution is 2.42. The molecule has 4 fully saturated rings. The van der Waals surface area contributed by atoms with Crippen LogP contribution in [0.25, 0.3) is 0 Å². The number of Topliss-reactive ketones (excluding diaryl/α,β-unsaturated/α-hetero) is 1. The highest BCUT2D eigenvalue weighted by Gasteiger charge is 2.50. The fourth-order valence-corrected chi connectivity index (χ4v) is 11.0. The van der Waals surface area contributed by atoms with Gasteiger partial charge in [0.25, 0.3) is 0 Å². The van der Waals surface area contributed by atoms with Crippen LogP contribution in [0.2, 0.25) is 0 Å². The van der Waals surface area contributed by atoms with Crippen LogP contribution in [0.15, 0.2) is 194 Å². The third-order valence-corrected chi connectivity index (χ3v) is 15.3. The number of para-hydroxylation sites is 5. The summed E-state index contributed by atoms with van der Waals surface area (Å²) in [4.78, 5) is 82.3. The number of hydrogen-bond donors (Lipinski definition) is 4. The summed E-state index contributed by atoms with van der Waals surface area (Å²) < 4.78 is 0. The van der Waals surface area contributed by atoms with Crippen LogP contribution in [0.3, 0.4) is 0 Å². The number of nitrogens with one attached hydrogen (secondary N) is 4. The first-order chi connectivity index (χ1) is 44.0. The van der Waals surface area contributed by atoms with E-state index in [-0.39, 0.29) is 47.5 Å². The van der Waals surface area contributed by atoms with E-state index in [1.807, 2.05) is 217 Å². The molecule has 15 nitrogen and oxygen atoms in total. The maximum Gasteiger partial charge on any atom is 0.341 e. The second kappa shape index (κ2) is 42.3. The van der Waals surface area contributed by atoms with Crippen LogP contribution in [0.4, 0.5) is 38.0 Å². The lowest BCUT2D eigenvalue weighted by atomic mass is 9.77. The predicted molar refractivity (Wildman–Crippen MR) is 375 cm³/mol. The quantitative estimate of drug-likeness (QED) is 0.0924. The van der Waals surface area contributed by atoms with E-state index in [2.05, 4.69) is 90.7 Å². The lowest BCUT2D eigenvalue weighted by Crippen LogP contribution is -2.58. The number of hydrazine groups is 1. The number of benzene rings is 6. The molecule has 15 heteroatoms. The van der Waals surface area contributed by atoms with E-state index >= 15 is 0 Å². The van der Waals surface area contributed by atoms with Crippen LogP contribution in [-0.2, 0) is 25.6 Å². The van der Waals surface area contributed by atoms with Gasteiger partial charge in [-0.15, -0.1) is 0 Å². The van der Waals surface area contributed by atoms with Crippen molar-refractivity contribution in [2.45, 2.75) is 146 Å². The van der Waals surface area contributed by atoms with Gasteiger partial charge in [0.15, 0.2) is 5.78 Å². The Kier molecular flexibility index (Phi) is 35.5. The fraction of sp³-hybridized carbons (Fsp3) is 0.413. The van der Waals surface area contributed by atoms with Gasteiger partial charge in [-0.3, -0.25) is 29.5 Å². The van der Waals surface area contributed by atoms with Crippen LogP contribution < -0.4 is 36.1 Å². The van der Waals surface area contributed by atoms with Crippen molar-refractivity contribution in [1.29, 1.82) is 0 Å². The molecule has 0 aromatic heterocycles.